The Morgan fingerprint density at radius 3 is 2.59 bits per heavy atom. The topological polar surface area (TPSA) is 37.6 Å². The first-order chi connectivity index (χ1) is 10.6. The van der Waals surface area contributed by atoms with Crippen molar-refractivity contribution in [2.24, 2.45) is 0 Å². The van der Waals surface area contributed by atoms with Gasteiger partial charge in [-0.05, 0) is 12.1 Å². The molecule has 4 heteroatoms. The maximum Gasteiger partial charge on any atom is 0.187 e. The molecule has 4 nitrogen and oxygen atoms in total. The van der Waals surface area contributed by atoms with E-state index in [1.807, 2.05) is 78.3 Å². The largest absolute Gasteiger partial charge is 0.383 e. The number of pyridine rings is 1. The van der Waals surface area contributed by atoms with Crippen molar-refractivity contribution < 1.29 is 4.79 Å². The highest BCUT2D eigenvalue weighted by molar-refractivity contribution is 6.04. The van der Waals surface area contributed by atoms with Gasteiger partial charge < -0.3 is 9.30 Å². The highest BCUT2D eigenvalue weighted by atomic mass is 16.1. The summed E-state index contributed by atoms with van der Waals surface area (Å²) in [6.07, 6.45) is 7.27. The van der Waals surface area contributed by atoms with Crippen LogP contribution < -0.4 is 0 Å². The standard InChI is InChI=1S/C18H17N3O/c1-20(2)12-10-17(22)15-8-6-14(7-9-15)16-13-21-11-4-3-5-18(21)19-16/h3-13H,1-2H3. The number of ketones is 1. The van der Waals surface area contributed by atoms with Gasteiger partial charge in [-0.25, -0.2) is 4.98 Å². The number of allylic oxidation sites excluding steroid dienone is 1. The van der Waals surface area contributed by atoms with Crippen molar-refractivity contribution in [2.75, 3.05) is 14.1 Å². The normalized spacial score (nSPS) is 11.2. The van der Waals surface area contributed by atoms with Crippen LogP contribution in [0.4, 0.5) is 0 Å². The molecule has 0 bridgehead atoms. The van der Waals surface area contributed by atoms with Crippen LogP contribution in [0.15, 0.2) is 67.1 Å². The number of nitrogens with zero attached hydrogens (tertiary/aromatic N) is 3. The first kappa shape index (κ1) is 14.1. The molecule has 2 aromatic heterocycles. The van der Waals surface area contributed by atoms with Crippen LogP contribution in [0.2, 0.25) is 0 Å². The molecule has 0 aliphatic heterocycles. The second kappa shape index (κ2) is 5.85. The fraction of sp³-hybridized carbons (Fsp3) is 0.111. The Morgan fingerprint density at radius 2 is 1.91 bits per heavy atom. The summed E-state index contributed by atoms with van der Waals surface area (Å²) in [6.45, 7) is 0. The first-order valence-electron chi connectivity index (χ1n) is 7.06. The molecular formula is C18H17N3O. The van der Waals surface area contributed by atoms with Crippen LogP contribution in [0.25, 0.3) is 16.9 Å². The number of carbonyl (C=O) groups is 1. The van der Waals surface area contributed by atoms with E-state index in [2.05, 4.69) is 4.98 Å². The van der Waals surface area contributed by atoms with Gasteiger partial charge in [0, 0.05) is 49.9 Å². The van der Waals surface area contributed by atoms with Gasteiger partial charge in [0.15, 0.2) is 5.78 Å². The average Bonchev–Trinajstić information content (AvgIpc) is 2.96. The van der Waals surface area contributed by atoms with Crippen LogP contribution in [0.5, 0.6) is 0 Å². The number of benzene rings is 1. The molecule has 0 atom stereocenters. The molecule has 0 saturated heterocycles. The molecular weight excluding hydrogens is 274 g/mol. The predicted molar refractivity (Wildman–Crippen MR) is 87.8 cm³/mol. The van der Waals surface area contributed by atoms with Crippen LogP contribution in [0.1, 0.15) is 10.4 Å². The fourth-order valence-corrected chi connectivity index (χ4v) is 2.19. The van der Waals surface area contributed by atoms with Crippen molar-refractivity contribution in [3.63, 3.8) is 0 Å². The summed E-state index contributed by atoms with van der Waals surface area (Å²) in [6, 6.07) is 13.4. The summed E-state index contributed by atoms with van der Waals surface area (Å²) in [5.74, 6) is -0.00440. The predicted octanol–water partition coefficient (Wildman–Crippen LogP) is 3.26. The van der Waals surface area contributed by atoms with E-state index in [0.29, 0.717) is 5.56 Å². The van der Waals surface area contributed by atoms with E-state index in [0.717, 1.165) is 16.9 Å². The van der Waals surface area contributed by atoms with Gasteiger partial charge in [0.25, 0.3) is 0 Å². The van der Waals surface area contributed by atoms with Gasteiger partial charge in [-0.2, -0.15) is 0 Å². The van der Waals surface area contributed by atoms with Gasteiger partial charge in [0.2, 0.25) is 0 Å². The minimum atomic E-state index is -0.00440. The van der Waals surface area contributed by atoms with E-state index >= 15 is 0 Å². The number of carbonyl (C=O) groups excluding carboxylic acids is 1. The van der Waals surface area contributed by atoms with Crippen LogP contribution >= 0.6 is 0 Å². The van der Waals surface area contributed by atoms with Gasteiger partial charge >= 0.3 is 0 Å². The van der Waals surface area contributed by atoms with Gasteiger partial charge in [-0.15, -0.1) is 0 Å². The molecule has 0 aliphatic rings. The van der Waals surface area contributed by atoms with Crippen LogP contribution in [-0.4, -0.2) is 34.2 Å². The molecule has 0 fully saturated rings. The lowest BCUT2D eigenvalue weighted by molar-refractivity contribution is 0.104. The van der Waals surface area contributed by atoms with Gasteiger partial charge in [0.1, 0.15) is 5.65 Å². The Bertz CT molecular complexity index is 796. The Labute approximate surface area is 129 Å². The second-order valence-corrected chi connectivity index (χ2v) is 5.31. The molecule has 1 aromatic carbocycles. The number of aromatic nitrogens is 2. The summed E-state index contributed by atoms with van der Waals surface area (Å²) in [5, 5.41) is 0. The zero-order valence-electron chi connectivity index (χ0n) is 12.6. The lowest BCUT2D eigenvalue weighted by Crippen LogP contribution is -2.03. The van der Waals surface area contributed by atoms with Crippen molar-refractivity contribution in [3.05, 3.63) is 72.7 Å². The van der Waals surface area contributed by atoms with E-state index in [1.54, 1.807) is 12.3 Å². The summed E-state index contributed by atoms with van der Waals surface area (Å²) in [4.78, 5) is 18.4. The highest BCUT2D eigenvalue weighted by Crippen LogP contribution is 2.20. The SMILES string of the molecule is CN(C)C=CC(=O)c1ccc(-c2cn3ccccc3n2)cc1. The Morgan fingerprint density at radius 1 is 1.14 bits per heavy atom. The smallest absolute Gasteiger partial charge is 0.187 e. The van der Waals surface area contributed by atoms with Crippen molar-refractivity contribution >= 4 is 11.4 Å². The molecule has 0 radical (unpaired) electrons. The zero-order valence-corrected chi connectivity index (χ0v) is 12.6. The third kappa shape index (κ3) is 2.91. The van der Waals surface area contributed by atoms with Crippen LogP contribution in [0, 0.1) is 0 Å². The Balaban J connectivity index is 1.86. The second-order valence-electron chi connectivity index (χ2n) is 5.31. The van der Waals surface area contributed by atoms with Crippen LogP contribution in [0.3, 0.4) is 0 Å². The van der Waals surface area contributed by atoms with Gasteiger partial charge in [-0.3, -0.25) is 4.79 Å². The maximum atomic E-state index is 12.0. The molecule has 0 amide bonds. The van der Waals surface area contributed by atoms with E-state index < -0.39 is 0 Å². The lowest BCUT2D eigenvalue weighted by atomic mass is 10.1. The monoisotopic (exact) mass is 291 g/mol. The third-order valence-electron chi connectivity index (χ3n) is 3.35. The quantitative estimate of drug-likeness (QED) is 0.547. The molecule has 0 aliphatic carbocycles. The van der Waals surface area contributed by atoms with E-state index in [9.17, 15) is 4.79 Å². The molecule has 0 saturated carbocycles. The molecule has 0 unspecified atom stereocenters. The van der Waals surface area contributed by atoms with Gasteiger partial charge in [0.05, 0.1) is 5.69 Å². The highest BCUT2D eigenvalue weighted by Gasteiger charge is 2.06. The van der Waals surface area contributed by atoms with E-state index in [4.69, 9.17) is 0 Å². The molecule has 22 heavy (non-hydrogen) atoms. The maximum absolute atomic E-state index is 12.0. The van der Waals surface area contributed by atoms with Crippen molar-refractivity contribution in [2.45, 2.75) is 0 Å². The van der Waals surface area contributed by atoms with Crippen molar-refractivity contribution in [3.8, 4) is 11.3 Å². The Hall–Kier alpha value is -2.88. The van der Waals surface area contributed by atoms with Gasteiger partial charge in [-0.1, -0.05) is 30.3 Å². The van der Waals surface area contributed by atoms with Crippen molar-refractivity contribution in [1.29, 1.82) is 0 Å². The summed E-state index contributed by atoms with van der Waals surface area (Å²) in [7, 11) is 3.77. The van der Waals surface area contributed by atoms with Crippen molar-refractivity contribution in [1.82, 2.24) is 14.3 Å². The molecule has 110 valence electrons. The summed E-state index contributed by atoms with van der Waals surface area (Å²) >= 11 is 0. The molecule has 3 aromatic rings. The fourth-order valence-electron chi connectivity index (χ4n) is 2.19. The third-order valence-corrected chi connectivity index (χ3v) is 3.35. The molecule has 3 rings (SSSR count). The Kier molecular flexibility index (Phi) is 3.74. The minimum absolute atomic E-state index is 0.00440. The summed E-state index contributed by atoms with van der Waals surface area (Å²) < 4.78 is 1.98. The molecule has 0 N–H and O–H groups in total. The number of hydrogen-bond donors (Lipinski definition) is 0. The lowest BCUT2D eigenvalue weighted by Gasteiger charge is -2.03. The minimum Gasteiger partial charge on any atom is -0.383 e. The zero-order chi connectivity index (χ0) is 15.5. The average molecular weight is 291 g/mol. The summed E-state index contributed by atoms with van der Waals surface area (Å²) in [5.41, 5.74) is 3.48. The number of rotatable bonds is 4. The molecule has 2 heterocycles. The van der Waals surface area contributed by atoms with E-state index in [-0.39, 0.29) is 5.78 Å². The number of hydrogen-bond acceptors (Lipinski definition) is 3. The number of fused-ring (bicyclic) bond motifs is 1. The number of imidazole rings is 1. The van der Waals surface area contributed by atoms with Crippen LogP contribution in [-0.2, 0) is 0 Å². The molecule has 0 spiro atoms. The first-order valence-corrected chi connectivity index (χ1v) is 7.06. The van der Waals surface area contributed by atoms with E-state index in [1.165, 1.54) is 0 Å².